The third kappa shape index (κ3) is 7.37. The van der Waals surface area contributed by atoms with E-state index in [4.69, 9.17) is 39.5 Å². The van der Waals surface area contributed by atoms with E-state index < -0.39 is 13.3 Å². The summed E-state index contributed by atoms with van der Waals surface area (Å²) in [5.41, 5.74) is -0.531. The van der Waals surface area contributed by atoms with E-state index in [1.165, 1.54) is 0 Å². The van der Waals surface area contributed by atoms with E-state index in [9.17, 15) is 4.79 Å². The number of halogens is 4. The van der Waals surface area contributed by atoms with Gasteiger partial charge in [0.1, 0.15) is 0 Å². The van der Waals surface area contributed by atoms with Crippen LogP contribution in [-0.2, 0) is 9.53 Å². The number of alkyl halides is 4. The molecule has 0 fully saturated rings. The van der Waals surface area contributed by atoms with Crippen LogP contribution >= 0.6 is 57.4 Å². The number of carbonyl (C=O) groups is 1. The van der Waals surface area contributed by atoms with Crippen LogP contribution in [0, 0.1) is 5.41 Å². The topological polar surface area (TPSA) is 26.3 Å². The van der Waals surface area contributed by atoms with Crippen LogP contribution < -0.4 is 0 Å². The van der Waals surface area contributed by atoms with Crippen LogP contribution in [0.5, 0.6) is 0 Å². The smallest absolute Gasteiger partial charge is 0.312 e. The second kappa shape index (κ2) is 5.41. The summed E-state index contributed by atoms with van der Waals surface area (Å²) in [7, 11) is 0. The van der Waals surface area contributed by atoms with Crippen LogP contribution in [0.4, 0.5) is 0 Å². The summed E-state index contributed by atoms with van der Waals surface area (Å²) in [6, 6.07) is 0. The number of hydrogen-bond donors (Lipinski definition) is 0. The summed E-state index contributed by atoms with van der Waals surface area (Å²) in [6.45, 7) is 5.32. The Bertz CT molecular complexity index is 208. The van der Waals surface area contributed by atoms with Gasteiger partial charge in [0.2, 0.25) is 0 Å². The lowest BCUT2D eigenvalue weighted by Crippen LogP contribution is -2.27. The average molecular weight is 373 g/mol. The predicted octanol–water partition coefficient (Wildman–Crippen LogP) is 4.10. The Balaban J connectivity index is 4.09. The number of esters is 1. The van der Waals surface area contributed by atoms with E-state index in [0.29, 0.717) is 0 Å². The molecule has 0 amide bonds. The Hall–Kier alpha value is 1.07. The van der Waals surface area contributed by atoms with Gasteiger partial charge in [0, 0.05) is 6.42 Å². The van der Waals surface area contributed by atoms with Crippen LogP contribution in [0.1, 0.15) is 27.2 Å². The van der Waals surface area contributed by atoms with Crippen molar-refractivity contribution in [1.82, 2.24) is 0 Å². The quantitative estimate of drug-likeness (QED) is 0.414. The summed E-state index contributed by atoms with van der Waals surface area (Å²) in [5.74, 6) is -0.300. The van der Waals surface area contributed by atoms with Crippen LogP contribution in [0.25, 0.3) is 0 Å². The molecule has 0 bridgehead atoms. The van der Waals surface area contributed by atoms with Gasteiger partial charge in [0.25, 0.3) is 0 Å². The SMILES string of the molecule is CC(C)(C)C(=O)OC(I)CC(Cl)(Cl)Cl. The van der Waals surface area contributed by atoms with Crippen molar-refractivity contribution in [2.24, 2.45) is 5.41 Å². The molecule has 0 aromatic heterocycles. The minimum atomic E-state index is -1.38. The van der Waals surface area contributed by atoms with Gasteiger partial charge in [-0.15, -0.1) is 0 Å². The van der Waals surface area contributed by atoms with E-state index >= 15 is 0 Å². The Morgan fingerprint density at radius 3 is 2.07 bits per heavy atom. The highest BCUT2D eigenvalue weighted by atomic mass is 127. The number of ether oxygens (including phenoxy) is 1. The normalized spacial score (nSPS) is 15.1. The number of rotatable bonds is 2. The second-order valence-corrected chi connectivity index (χ2v) is 7.79. The van der Waals surface area contributed by atoms with Crippen molar-refractivity contribution in [2.45, 2.75) is 35.1 Å². The zero-order valence-electron chi connectivity index (χ0n) is 8.11. The van der Waals surface area contributed by atoms with E-state index in [0.717, 1.165) is 0 Å². The van der Waals surface area contributed by atoms with Crippen LogP contribution in [0.3, 0.4) is 0 Å². The van der Waals surface area contributed by atoms with Gasteiger partial charge < -0.3 is 4.74 Å². The van der Waals surface area contributed by atoms with Gasteiger partial charge in [-0.3, -0.25) is 4.79 Å². The molecule has 1 unspecified atom stereocenters. The van der Waals surface area contributed by atoms with Gasteiger partial charge >= 0.3 is 5.97 Å². The molecular weight excluding hydrogens is 361 g/mol. The molecule has 0 rings (SSSR count). The molecule has 0 saturated heterocycles. The Labute approximate surface area is 113 Å². The van der Waals surface area contributed by atoms with E-state index in [1.54, 1.807) is 20.8 Å². The fourth-order valence-corrected chi connectivity index (χ4v) is 2.61. The van der Waals surface area contributed by atoms with Crippen molar-refractivity contribution < 1.29 is 9.53 Å². The van der Waals surface area contributed by atoms with Gasteiger partial charge in [0.05, 0.1) is 5.41 Å². The fourth-order valence-electron chi connectivity index (χ4n) is 0.517. The van der Waals surface area contributed by atoms with Crippen LogP contribution in [0.15, 0.2) is 0 Å². The van der Waals surface area contributed by atoms with Crippen molar-refractivity contribution in [1.29, 1.82) is 0 Å². The Kier molecular flexibility index (Phi) is 5.83. The summed E-state index contributed by atoms with van der Waals surface area (Å²) in [5, 5.41) is 0. The van der Waals surface area contributed by atoms with Gasteiger partial charge in [0.15, 0.2) is 7.90 Å². The third-order valence-electron chi connectivity index (χ3n) is 1.24. The summed E-state index contributed by atoms with van der Waals surface area (Å²) < 4.78 is 3.28. The second-order valence-electron chi connectivity index (χ2n) is 3.88. The minimum absolute atomic E-state index is 0.181. The molecule has 14 heavy (non-hydrogen) atoms. The van der Waals surface area contributed by atoms with Crippen molar-refractivity contribution in [2.75, 3.05) is 0 Å². The standard InChI is InChI=1S/C8H12Cl3IO2/c1-7(2,3)6(13)14-5(12)4-8(9,10)11/h5H,4H2,1-3H3. The maximum atomic E-state index is 11.4. The number of hydrogen-bond acceptors (Lipinski definition) is 2. The third-order valence-corrected chi connectivity index (χ3v) is 2.40. The van der Waals surface area contributed by atoms with Crippen molar-refractivity contribution in [3.05, 3.63) is 0 Å². The summed E-state index contributed by atoms with van der Waals surface area (Å²) in [6.07, 6.45) is 0.181. The maximum Gasteiger partial charge on any atom is 0.312 e. The first-order valence-corrected chi connectivity index (χ1v) is 6.32. The highest BCUT2D eigenvalue weighted by molar-refractivity contribution is 14.1. The lowest BCUT2D eigenvalue weighted by molar-refractivity contribution is -0.153. The van der Waals surface area contributed by atoms with Crippen molar-refractivity contribution in [3.8, 4) is 0 Å². The van der Waals surface area contributed by atoms with Gasteiger partial charge in [-0.05, 0) is 43.4 Å². The summed E-state index contributed by atoms with van der Waals surface area (Å²) >= 11 is 18.6. The highest BCUT2D eigenvalue weighted by Gasteiger charge is 2.30. The number of carbonyl (C=O) groups excluding carboxylic acids is 1. The highest BCUT2D eigenvalue weighted by Crippen LogP contribution is 2.34. The minimum Gasteiger partial charge on any atom is -0.451 e. The summed E-state index contributed by atoms with van der Waals surface area (Å²) in [4.78, 5) is 11.4. The predicted molar refractivity (Wildman–Crippen MR) is 68.3 cm³/mol. The average Bonchev–Trinajstić information content (AvgIpc) is 1.79. The molecule has 0 saturated carbocycles. The molecule has 84 valence electrons. The zero-order valence-corrected chi connectivity index (χ0v) is 12.5. The molecule has 0 N–H and O–H groups in total. The van der Waals surface area contributed by atoms with Crippen molar-refractivity contribution in [3.63, 3.8) is 0 Å². The monoisotopic (exact) mass is 372 g/mol. The van der Waals surface area contributed by atoms with Gasteiger partial charge in [-0.1, -0.05) is 34.8 Å². The molecule has 0 aromatic rings. The molecule has 0 radical (unpaired) electrons. The van der Waals surface area contributed by atoms with Gasteiger partial charge in [-0.2, -0.15) is 0 Å². The molecule has 0 aromatic carbocycles. The lowest BCUT2D eigenvalue weighted by Gasteiger charge is -2.21. The zero-order chi connectivity index (χ0) is 11.6. The first kappa shape index (κ1) is 15.1. The lowest BCUT2D eigenvalue weighted by atomic mass is 9.97. The van der Waals surface area contributed by atoms with E-state index in [-0.39, 0.29) is 12.4 Å². The molecule has 0 aliphatic heterocycles. The van der Waals surface area contributed by atoms with Crippen LogP contribution in [0.2, 0.25) is 0 Å². The Morgan fingerprint density at radius 1 is 1.36 bits per heavy atom. The largest absolute Gasteiger partial charge is 0.451 e. The molecule has 2 nitrogen and oxygen atoms in total. The molecule has 0 heterocycles. The first-order valence-electron chi connectivity index (χ1n) is 3.94. The maximum absolute atomic E-state index is 11.4. The van der Waals surface area contributed by atoms with Crippen molar-refractivity contribution >= 4 is 63.4 Å². The van der Waals surface area contributed by atoms with E-state index in [2.05, 4.69) is 0 Å². The molecule has 0 aliphatic carbocycles. The molecule has 1 atom stereocenters. The Morgan fingerprint density at radius 2 is 1.79 bits per heavy atom. The molecule has 0 aliphatic rings. The van der Waals surface area contributed by atoms with Gasteiger partial charge in [-0.25, -0.2) is 0 Å². The van der Waals surface area contributed by atoms with E-state index in [1.807, 2.05) is 22.6 Å². The first-order chi connectivity index (χ1) is 6.02. The van der Waals surface area contributed by atoms with Crippen LogP contribution in [-0.4, -0.2) is 13.9 Å². The fraction of sp³-hybridized carbons (Fsp3) is 0.875. The molecular formula is C8H12Cl3IO2. The molecule has 0 spiro atoms. The molecule has 6 heteroatoms.